The number of hydrogen-bond acceptors (Lipinski definition) is 5. The van der Waals surface area contributed by atoms with Crippen LogP contribution < -0.4 is 0 Å². The van der Waals surface area contributed by atoms with E-state index in [0.29, 0.717) is 6.42 Å². The standard InChI is InChI=1S/C14H21NO4/c1-4-5-6-13(16)19-11-14(17-2,18-3)12-7-9-15-10-8-12/h7-10H,4-6,11H2,1-3H3. The molecule has 0 aromatic carbocycles. The smallest absolute Gasteiger partial charge is 0.305 e. The average Bonchev–Trinajstić information content (AvgIpc) is 2.48. The number of ether oxygens (including phenoxy) is 3. The van der Waals surface area contributed by atoms with Crippen molar-refractivity contribution in [2.45, 2.75) is 32.0 Å². The molecule has 5 nitrogen and oxygen atoms in total. The summed E-state index contributed by atoms with van der Waals surface area (Å²) in [6.07, 6.45) is 5.47. The van der Waals surface area contributed by atoms with Crippen LogP contribution in [0.2, 0.25) is 0 Å². The highest BCUT2D eigenvalue weighted by Gasteiger charge is 2.34. The van der Waals surface area contributed by atoms with Crippen molar-refractivity contribution in [3.8, 4) is 0 Å². The number of carbonyl (C=O) groups excluding carboxylic acids is 1. The Kier molecular flexibility index (Phi) is 6.45. The van der Waals surface area contributed by atoms with Crippen molar-refractivity contribution in [3.05, 3.63) is 30.1 Å². The topological polar surface area (TPSA) is 57.7 Å². The van der Waals surface area contributed by atoms with E-state index in [1.807, 2.05) is 6.92 Å². The zero-order chi connectivity index (χ0) is 14.1. The summed E-state index contributed by atoms with van der Waals surface area (Å²) in [6.45, 7) is 2.05. The van der Waals surface area contributed by atoms with Crippen LogP contribution in [0.25, 0.3) is 0 Å². The fourth-order valence-electron chi connectivity index (χ4n) is 1.69. The van der Waals surface area contributed by atoms with Crippen LogP contribution in [0.5, 0.6) is 0 Å². The summed E-state index contributed by atoms with van der Waals surface area (Å²) in [5.41, 5.74) is 0.760. The number of aromatic nitrogens is 1. The third kappa shape index (κ3) is 4.29. The van der Waals surface area contributed by atoms with E-state index in [4.69, 9.17) is 14.2 Å². The zero-order valence-electron chi connectivity index (χ0n) is 11.7. The molecule has 1 heterocycles. The van der Waals surface area contributed by atoms with Gasteiger partial charge in [0, 0.05) is 38.6 Å². The van der Waals surface area contributed by atoms with Gasteiger partial charge in [-0.2, -0.15) is 0 Å². The second kappa shape index (κ2) is 7.86. The van der Waals surface area contributed by atoms with Crippen LogP contribution in [0.1, 0.15) is 31.7 Å². The van der Waals surface area contributed by atoms with Crippen LogP contribution in [0.3, 0.4) is 0 Å². The average molecular weight is 267 g/mol. The van der Waals surface area contributed by atoms with Crippen LogP contribution in [-0.2, 0) is 24.8 Å². The van der Waals surface area contributed by atoms with E-state index < -0.39 is 5.79 Å². The SMILES string of the molecule is CCCCC(=O)OCC(OC)(OC)c1ccncc1. The van der Waals surface area contributed by atoms with Crippen molar-refractivity contribution < 1.29 is 19.0 Å². The van der Waals surface area contributed by atoms with Crippen molar-refractivity contribution in [2.75, 3.05) is 20.8 Å². The minimum absolute atomic E-state index is 0.0204. The van der Waals surface area contributed by atoms with Crippen LogP contribution in [-0.4, -0.2) is 31.8 Å². The Morgan fingerprint density at radius 2 is 1.89 bits per heavy atom. The van der Waals surface area contributed by atoms with Crippen LogP contribution in [0.4, 0.5) is 0 Å². The summed E-state index contributed by atoms with van der Waals surface area (Å²) in [5, 5.41) is 0. The summed E-state index contributed by atoms with van der Waals surface area (Å²) in [5.74, 6) is -1.32. The Morgan fingerprint density at radius 1 is 1.26 bits per heavy atom. The van der Waals surface area contributed by atoms with Crippen LogP contribution in [0.15, 0.2) is 24.5 Å². The minimum atomic E-state index is -1.08. The van der Waals surface area contributed by atoms with Crippen molar-refractivity contribution in [1.29, 1.82) is 0 Å². The number of methoxy groups -OCH3 is 2. The van der Waals surface area contributed by atoms with Gasteiger partial charge in [0.05, 0.1) is 0 Å². The van der Waals surface area contributed by atoms with E-state index >= 15 is 0 Å². The molecule has 0 atom stereocenters. The lowest BCUT2D eigenvalue weighted by Crippen LogP contribution is -2.37. The number of hydrogen-bond donors (Lipinski definition) is 0. The molecule has 0 saturated heterocycles. The minimum Gasteiger partial charge on any atom is -0.460 e. The van der Waals surface area contributed by atoms with E-state index in [9.17, 15) is 4.79 Å². The molecule has 1 aromatic heterocycles. The molecule has 0 fully saturated rings. The van der Waals surface area contributed by atoms with Gasteiger partial charge in [-0.05, 0) is 18.6 Å². The fraction of sp³-hybridized carbons (Fsp3) is 0.571. The Labute approximate surface area is 113 Å². The summed E-state index contributed by atoms with van der Waals surface area (Å²) in [7, 11) is 3.04. The number of carbonyl (C=O) groups is 1. The van der Waals surface area contributed by atoms with E-state index in [0.717, 1.165) is 18.4 Å². The van der Waals surface area contributed by atoms with E-state index in [-0.39, 0.29) is 12.6 Å². The van der Waals surface area contributed by atoms with Gasteiger partial charge in [-0.1, -0.05) is 13.3 Å². The Morgan fingerprint density at radius 3 is 2.42 bits per heavy atom. The molecule has 0 saturated carbocycles. The van der Waals surface area contributed by atoms with Crippen LogP contribution >= 0.6 is 0 Å². The van der Waals surface area contributed by atoms with Gasteiger partial charge < -0.3 is 14.2 Å². The number of nitrogens with zero attached hydrogens (tertiary/aromatic N) is 1. The lowest BCUT2D eigenvalue weighted by Gasteiger charge is -2.30. The fourth-order valence-corrected chi connectivity index (χ4v) is 1.69. The monoisotopic (exact) mass is 267 g/mol. The molecule has 0 aliphatic carbocycles. The second-order valence-corrected chi connectivity index (χ2v) is 4.16. The van der Waals surface area contributed by atoms with Gasteiger partial charge in [-0.15, -0.1) is 0 Å². The predicted molar refractivity (Wildman–Crippen MR) is 70.4 cm³/mol. The lowest BCUT2D eigenvalue weighted by molar-refractivity contribution is -0.242. The van der Waals surface area contributed by atoms with E-state index in [1.54, 1.807) is 24.5 Å². The molecule has 1 aromatic rings. The molecule has 106 valence electrons. The van der Waals surface area contributed by atoms with E-state index in [2.05, 4.69) is 4.98 Å². The highest BCUT2D eigenvalue weighted by molar-refractivity contribution is 5.69. The first-order valence-electron chi connectivity index (χ1n) is 6.35. The first-order valence-corrected chi connectivity index (χ1v) is 6.35. The van der Waals surface area contributed by atoms with Gasteiger partial charge in [-0.25, -0.2) is 0 Å². The molecule has 0 bridgehead atoms. The molecule has 0 N–H and O–H groups in total. The van der Waals surface area contributed by atoms with E-state index in [1.165, 1.54) is 14.2 Å². The largest absolute Gasteiger partial charge is 0.460 e. The Hall–Kier alpha value is -1.46. The summed E-state index contributed by atoms with van der Waals surface area (Å²) < 4.78 is 16.0. The van der Waals surface area contributed by atoms with Crippen molar-refractivity contribution in [3.63, 3.8) is 0 Å². The molecule has 1 rings (SSSR count). The predicted octanol–water partition coefficient (Wildman–Crippen LogP) is 2.26. The highest BCUT2D eigenvalue weighted by Crippen LogP contribution is 2.26. The number of rotatable bonds is 8. The molecule has 5 heteroatoms. The number of esters is 1. The van der Waals surface area contributed by atoms with Crippen molar-refractivity contribution in [1.82, 2.24) is 4.98 Å². The lowest BCUT2D eigenvalue weighted by atomic mass is 10.1. The normalized spacial score (nSPS) is 11.3. The summed E-state index contributed by atoms with van der Waals surface area (Å²) in [4.78, 5) is 15.5. The van der Waals surface area contributed by atoms with Gasteiger partial charge in [0.25, 0.3) is 0 Å². The highest BCUT2D eigenvalue weighted by atomic mass is 16.7. The molecule has 19 heavy (non-hydrogen) atoms. The Balaban J connectivity index is 2.70. The van der Waals surface area contributed by atoms with Gasteiger partial charge in [-0.3, -0.25) is 9.78 Å². The summed E-state index contributed by atoms with van der Waals surface area (Å²) in [6, 6.07) is 3.54. The second-order valence-electron chi connectivity index (χ2n) is 4.16. The molecule has 0 spiro atoms. The molecular formula is C14H21NO4. The summed E-state index contributed by atoms with van der Waals surface area (Å²) >= 11 is 0. The number of unbranched alkanes of at least 4 members (excludes halogenated alkanes) is 1. The molecule has 0 unspecified atom stereocenters. The molecule has 0 aliphatic rings. The maximum absolute atomic E-state index is 11.6. The van der Waals surface area contributed by atoms with Gasteiger partial charge >= 0.3 is 5.97 Å². The molecule has 0 amide bonds. The number of pyridine rings is 1. The van der Waals surface area contributed by atoms with Crippen LogP contribution in [0, 0.1) is 0 Å². The third-order valence-electron chi connectivity index (χ3n) is 2.94. The molecular weight excluding hydrogens is 246 g/mol. The van der Waals surface area contributed by atoms with Gasteiger partial charge in [0.15, 0.2) is 0 Å². The van der Waals surface area contributed by atoms with Crippen molar-refractivity contribution >= 4 is 5.97 Å². The van der Waals surface area contributed by atoms with Gasteiger partial charge in [0.2, 0.25) is 5.79 Å². The van der Waals surface area contributed by atoms with Gasteiger partial charge in [0.1, 0.15) is 6.61 Å². The third-order valence-corrected chi connectivity index (χ3v) is 2.94. The maximum atomic E-state index is 11.6. The molecule has 0 radical (unpaired) electrons. The first-order chi connectivity index (χ1) is 9.18. The zero-order valence-corrected chi connectivity index (χ0v) is 11.7. The quantitative estimate of drug-likeness (QED) is 0.534. The first kappa shape index (κ1) is 15.6. The van der Waals surface area contributed by atoms with Crippen molar-refractivity contribution in [2.24, 2.45) is 0 Å². The molecule has 0 aliphatic heterocycles. The maximum Gasteiger partial charge on any atom is 0.305 e. The Bertz CT molecular complexity index is 376.